The van der Waals surface area contributed by atoms with Crippen LogP contribution < -0.4 is 5.32 Å². The van der Waals surface area contributed by atoms with Crippen molar-refractivity contribution in [1.82, 2.24) is 10.2 Å². The van der Waals surface area contributed by atoms with Gasteiger partial charge >= 0.3 is 0 Å². The number of likely N-dealkylation sites (tertiary alicyclic amines) is 1. The fourth-order valence-electron chi connectivity index (χ4n) is 3.08. The fourth-order valence-corrected chi connectivity index (χ4v) is 4.21. The highest BCUT2D eigenvalue weighted by Crippen LogP contribution is 2.34. The summed E-state index contributed by atoms with van der Waals surface area (Å²) in [6.07, 6.45) is 4.12. The first-order valence-electron chi connectivity index (χ1n) is 8.06. The normalized spacial score (nSPS) is 24.6. The zero-order chi connectivity index (χ0) is 14.5. The molecule has 0 amide bonds. The summed E-state index contributed by atoms with van der Waals surface area (Å²) >= 11 is 1.87. The smallest absolute Gasteiger partial charge is 0.157 e. The molecule has 2 atom stereocenters. The molecule has 0 saturated carbocycles. The van der Waals surface area contributed by atoms with E-state index in [0.29, 0.717) is 11.3 Å². The second kappa shape index (κ2) is 7.32. The number of hydrogen-bond acceptors (Lipinski definition) is 4. The van der Waals surface area contributed by atoms with Crippen LogP contribution in [0.4, 0.5) is 0 Å². The first-order chi connectivity index (χ1) is 10.3. The van der Waals surface area contributed by atoms with Gasteiger partial charge in [-0.15, -0.1) is 0 Å². The molecule has 1 aromatic rings. The average Bonchev–Trinajstić information content (AvgIpc) is 2.97. The van der Waals surface area contributed by atoms with E-state index in [4.69, 9.17) is 0 Å². The molecule has 4 heteroatoms. The zero-order valence-corrected chi connectivity index (χ0v) is 13.6. The Morgan fingerprint density at radius 1 is 1.24 bits per heavy atom. The minimum absolute atomic E-state index is 0.476. The Morgan fingerprint density at radius 3 is 2.76 bits per heavy atom. The first kappa shape index (κ1) is 14.9. The Labute approximate surface area is 132 Å². The summed E-state index contributed by atoms with van der Waals surface area (Å²) in [6.45, 7) is 6.83. The number of nitrogens with zero attached hydrogens (tertiary/aromatic N) is 2. The van der Waals surface area contributed by atoms with E-state index in [9.17, 15) is 0 Å². The number of benzene rings is 1. The lowest BCUT2D eigenvalue weighted by atomic mass is 10.1. The molecule has 1 fully saturated rings. The van der Waals surface area contributed by atoms with Crippen molar-refractivity contribution in [2.45, 2.75) is 37.5 Å². The standard InChI is InChI=1S/C17H25N3S/c1-14(13-20-10-6-3-7-11-20)19-17-18-12-16(21-17)15-8-4-2-5-9-15/h2,4-5,8-9,14,16H,3,6-7,10-13H2,1H3,(H,18,19). The van der Waals surface area contributed by atoms with Gasteiger partial charge < -0.3 is 10.2 Å². The van der Waals surface area contributed by atoms with Gasteiger partial charge in [-0.1, -0.05) is 48.5 Å². The molecule has 0 radical (unpaired) electrons. The lowest BCUT2D eigenvalue weighted by molar-refractivity contribution is 0.215. The van der Waals surface area contributed by atoms with E-state index < -0.39 is 0 Å². The Balaban J connectivity index is 1.45. The summed E-state index contributed by atoms with van der Waals surface area (Å²) in [4.78, 5) is 7.26. The monoisotopic (exact) mass is 303 g/mol. The minimum Gasteiger partial charge on any atom is -0.361 e. The highest BCUT2D eigenvalue weighted by molar-refractivity contribution is 8.14. The van der Waals surface area contributed by atoms with Crippen LogP contribution in [-0.2, 0) is 0 Å². The highest BCUT2D eigenvalue weighted by Gasteiger charge is 2.22. The van der Waals surface area contributed by atoms with Crippen molar-refractivity contribution < 1.29 is 0 Å². The van der Waals surface area contributed by atoms with Crippen LogP contribution in [0.15, 0.2) is 35.3 Å². The van der Waals surface area contributed by atoms with Crippen LogP contribution in [0.25, 0.3) is 0 Å². The van der Waals surface area contributed by atoms with E-state index in [1.54, 1.807) is 0 Å². The maximum absolute atomic E-state index is 4.68. The Bertz CT molecular complexity index is 468. The average molecular weight is 303 g/mol. The highest BCUT2D eigenvalue weighted by atomic mass is 32.2. The van der Waals surface area contributed by atoms with E-state index in [1.807, 2.05) is 11.8 Å². The molecule has 1 aromatic carbocycles. The van der Waals surface area contributed by atoms with Gasteiger partial charge in [-0.2, -0.15) is 0 Å². The molecule has 0 aliphatic carbocycles. The molecule has 0 bridgehead atoms. The third-order valence-corrected chi connectivity index (χ3v) is 5.35. The van der Waals surface area contributed by atoms with Gasteiger partial charge in [0.1, 0.15) is 0 Å². The summed E-state index contributed by atoms with van der Waals surface area (Å²) in [5.74, 6) is 0. The summed E-state index contributed by atoms with van der Waals surface area (Å²) in [5, 5.41) is 5.20. The van der Waals surface area contributed by atoms with Crippen molar-refractivity contribution in [2.75, 3.05) is 26.2 Å². The first-order valence-corrected chi connectivity index (χ1v) is 8.94. The van der Waals surface area contributed by atoms with Crippen molar-refractivity contribution >= 4 is 16.9 Å². The van der Waals surface area contributed by atoms with E-state index in [2.05, 4.69) is 52.5 Å². The van der Waals surface area contributed by atoms with Crippen molar-refractivity contribution in [2.24, 2.45) is 4.99 Å². The van der Waals surface area contributed by atoms with Crippen LogP contribution >= 0.6 is 11.8 Å². The third kappa shape index (κ3) is 4.24. The number of piperidine rings is 1. The molecule has 0 spiro atoms. The molecule has 1 saturated heterocycles. The van der Waals surface area contributed by atoms with Crippen molar-refractivity contribution in [3.8, 4) is 0 Å². The summed E-state index contributed by atoms with van der Waals surface area (Å²) < 4.78 is 0. The summed E-state index contributed by atoms with van der Waals surface area (Å²) in [7, 11) is 0. The molecule has 2 aliphatic heterocycles. The number of aliphatic imine (C=N–C) groups is 1. The van der Waals surface area contributed by atoms with Crippen LogP contribution in [0.5, 0.6) is 0 Å². The molecule has 1 N–H and O–H groups in total. The third-order valence-electron chi connectivity index (χ3n) is 4.18. The molecular formula is C17H25N3S. The van der Waals surface area contributed by atoms with Crippen LogP contribution in [0.3, 0.4) is 0 Å². The van der Waals surface area contributed by atoms with Crippen LogP contribution in [0.2, 0.25) is 0 Å². The molecule has 114 valence electrons. The van der Waals surface area contributed by atoms with E-state index >= 15 is 0 Å². The maximum Gasteiger partial charge on any atom is 0.157 e. The van der Waals surface area contributed by atoms with Crippen LogP contribution in [0.1, 0.15) is 37.0 Å². The van der Waals surface area contributed by atoms with Gasteiger partial charge in [0.2, 0.25) is 0 Å². The molecule has 2 unspecified atom stereocenters. The summed E-state index contributed by atoms with van der Waals surface area (Å²) in [6, 6.07) is 11.2. The molecule has 3 nitrogen and oxygen atoms in total. The lowest BCUT2D eigenvalue weighted by Crippen LogP contribution is -2.42. The number of amidine groups is 1. The van der Waals surface area contributed by atoms with Gasteiger partial charge in [-0.25, -0.2) is 0 Å². The molecule has 2 aliphatic rings. The van der Waals surface area contributed by atoms with Gasteiger partial charge in [-0.05, 0) is 38.4 Å². The van der Waals surface area contributed by atoms with E-state index in [0.717, 1.165) is 18.3 Å². The second-order valence-electron chi connectivity index (χ2n) is 6.07. The van der Waals surface area contributed by atoms with Gasteiger partial charge in [0.15, 0.2) is 5.17 Å². The Hall–Kier alpha value is -1.00. The molecule has 3 rings (SSSR count). The summed E-state index contributed by atoms with van der Waals surface area (Å²) in [5.41, 5.74) is 1.38. The van der Waals surface area contributed by atoms with Crippen molar-refractivity contribution in [3.63, 3.8) is 0 Å². The minimum atomic E-state index is 0.476. The fraction of sp³-hybridized carbons (Fsp3) is 0.588. The largest absolute Gasteiger partial charge is 0.361 e. The SMILES string of the molecule is CC(CN1CCCCC1)NC1=NCC(c2ccccc2)S1. The van der Waals surface area contributed by atoms with E-state index in [1.165, 1.54) is 37.9 Å². The van der Waals surface area contributed by atoms with Crippen molar-refractivity contribution in [3.05, 3.63) is 35.9 Å². The zero-order valence-electron chi connectivity index (χ0n) is 12.8. The number of rotatable bonds is 4. The van der Waals surface area contributed by atoms with Crippen LogP contribution in [0, 0.1) is 0 Å². The second-order valence-corrected chi connectivity index (χ2v) is 7.26. The van der Waals surface area contributed by atoms with Crippen LogP contribution in [-0.4, -0.2) is 42.3 Å². The Morgan fingerprint density at radius 2 is 2.00 bits per heavy atom. The molecule has 21 heavy (non-hydrogen) atoms. The van der Waals surface area contributed by atoms with E-state index in [-0.39, 0.29) is 0 Å². The van der Waals surface area contributed by atoms with Gasteiger partial charge in [0, 0.05) is 12.6 Å². The quantitative estimate of drug-likeness (QED) is 0.925. The van der Waals surface area contributed by atoms with Gasteiger partial charge in [0.05, 0.1) is 11.8 Å². The maximum atomic E-state index is 4.68. The number of hydrogen-bond donors (Lipinski definition) is 1. The lowest BCUT2D eigenvalue weighted by Gasteiger charge is -2.29. The topological polar surface area (TPSA) is 27.6 Å². The Kier molecular flexibility index (Phi) is 5.20. The predicted octanol–water partition coefficient (Wildman–Crippen LogP) is 3.29. The number of nitrogens with one attached hydrogen (secondary N) is 1. The van der Waals surface area contributed by atoms with Crippen molar-refractivity contribution in [1.29, 1.82) is 0 Å². The van der Waals surface area contributed by atoms with Gasteiger partial charge in [0.25, 0.3) is 0 Å². The molecule has 2 heterocycles. The van der Waals surface area contributed by atoms with Gasteiger partial charge in [-0.3, -0.25) is 4.99 Å². The predicted molar refractivity (Wildman–Crippen MR) is 92.0 cm³/mol. The molecule has 0 aromatic heterocycles. The number of thioether (sulfide) groups is 1. The molecular weight excluding hydrogens is 278 g/mol.